The molecule has 0 aromatic heterocycles. The fourth-order valence-electron chi connectivity index (χ4n) is 3.31. The van der Waals surface area contributed by atoms with Crippen molar-refractivity contribution in [3.63, 3.8) is 0 Å². The number of methoxy groups -OCH3 is 2. The maximum Gasteiger partial charge on any atom is 0.243 e. The highest BCUT2D eigenvalue weighted by Crippen LogP contribution is 2.30. The van der Waals surface area contributed by atoms with Crippen LogP contribution in [0.1, 0.15) is 18.4 Å². The third-order valence-corrected chi connectivity index (χ3v) is 6.71. The predicted octanol–water partition coefficient (Wildman–Crippen LogP) is 2.80. The van der Waals surface area contributed by atoms with E-state index >= 15 is 0 Å². The zero-order chi connectivity index (χ0) is 20.3. The lowest BCUT2D eigenvalue weighted by molar-refractivity contribution is -0.119. The molecule has 0 bridgehead atoms. The average Bonchev–Trinajstić information content (AvgIpc) is 3.19. The molecule has 0 spiro atoms. The van der Waals surface area contributed by atoms with Crippen molar-refractivity contribution in [2.75, 3.05) is 26.1 Å². The van der Waals surface area contributed by atoms with Gasteiger partial charge in [0, 0.05) is 6.54 Å². The van der Waals surface area contributed by atoms with Crippen LogP contribution in [0.2, 0.25) is 0 Å². The van der Waals surface area contributed by atoms with Crippen molar-refractivity contribution in [1.82, 2.24) is 4.31 Å². The summed E-state index contributed by atoms with van der Waals surface area (Å²) in [5.41, 5.74) is 1.49. The third-order valence-electron chi connectivity index (χ3n) is 4.79. The molecule has 0 radical (unpaired) electrons. The zero-order valence-electron chi connectivity index (χ0n) is 16.1. The second kappa shape index (κ2) is 8.20. The van der Waals surface area contributed by atoms with Gasteiger partial charge in [-0.05, 0) is 61.7 Å². The van der Waals surface area contributed by atoms with E-state index in [-0.39, 0.29) is 10.8 Å². The molecule has 1 saturated heterocycles. The van der Waals surface area contributed by atoms with Gasteiger partial charge in [-0.1, -0.05) is 6.07 Å². The Morgan fingerprint density at radius 1 is 1.11 bits per heavy atom. The number of nitrogens with zero attached hydrogens (tertiary/aromatic N) is 1. The average molecular weight is 404 g/mol. The summed E-state index contributed by atoms with van der Waals surface area (Å²) in [5.74, 6) is 0.737. The first-order chi connectivity index (χ1) is 13.4. The van der Waals surface area contributed by atoms with Crippen molar-refractivity contribution < 1.29 is 22.7 Å². The van der Waals surface area contributed by atoms with Crippen LogP contribution >= 0.6 is 0 Å². The number of aryl methyl sites for hydroxylation is 1. The molecule has 1 heterocycles. The molecule has 1 amide bonds. The van der Waals surface area contributed by atoms with Crippen LogP contribution in [-0.4, -0.2) is 45.4 Å². The number of rotatable bonds is 6. The molecule has 7 nitrogen and oxygen atoms in total. The second-order valence-corrected chi connectivity index (χ2v) is 8.53. The quantitative estimate of drug-likeness (QED) is 0.800. The Kier molecular flexibility index (Phi) is 5.90. The van der Waals surface area contributed by atoms with Crippen LogP contribution < -0.4 is 14.8 Å². The van der Waals surface area contributed by atoms with Gasteiger partial charge in [-0.25, -0.2) is 8.42 Å². The minimum Gasteiger partial charge on any atom is -0.497 e. The number of sulfonamides is 1. The molecular weight excluding hydrogens is 380 g/mol. The van der Waals surface area contributed by atoms with E-state index in [1.54, 1.807) is 24.3 Å². The van der Waals surface area contributed by atoms with Crippen molar-refractivity contribution in [3.05, 3.63) is 48.0 Å². The van der Waals surface area contributed by atoms with Crippen LogP contribution in [0.4, 0.5) is 5.69 Å². The number of nitrogens with one attached hydrogen (secondary N) is 1. The largest absolute Gasteiger partial charge is 0.497 e. The van der Waals surface area contributed by atoms with E-state index in [1.165, 1.54) is 30.7 Å². The third kappa shape index (κ3) is 3.98. The van der Waals surface area contributed by atoms with Gasteiger partial charge in [0.1, 0.15) is 17.5 Å². The highest BCUT2D eigenvalue weighted by Gasteiger charge is 2.39. The minimum atomic E-state index is -3.79. The first-order valence-corrected chi connectivity index (χ1v) is 10.4. The van der Waals surface area contributed by atoms with Gasteiger partial charge in [-0.3, -0.25) is 4.79 Å². The molecule has 0 saturated carbocycles. The topological polar surface area (TPSA) is 84.9 Å². The van der Waals surface area contributed by atoms with Gasteiger partial charge in [-0.2, -0.15) is 4.31 Å². The Morgan fingerprint density at radius 2 is 1.82 bits per heavy atom. The van der Waals surface area contributed by atoms with E-state index in [9.17, 15) is 13.2 Å². The fourth-order valence-corrected chi connectivity index (χ4v) is 4.96. The molecule has 1 aliphatic heterocycles. The van der Waals surface area contributed by atoms with Crippen molar-refractivity contribution in [2.24, 2.45) is 0 Å². The maximum atomic E-state index is 13.1. The van der Waals surface area contributed by atoms with Crippen LogP contribution in [0.15, 0.2) is 47.4 Å². The summed E-state index contributed by atoms with van der Waals surface area (Å²) in [4.78, 5) is 13.0. The number of hydrogen-bond donors (Lipinski definition) is 1. The van der Waals surface area contributed by atoms with Crippen molar-refractivity contribution in [3.8, 4) is 11.5 Å². The Hall–Kier alpha value is -2.58. The maximum absolute atomic E-state index is 13.1. The molecular formula is C20H24N2O5S. The summed E-state index contributed by atoms with van der Waals surface area (Å²) < 4.78 is 37.8. The van der Waals surface area contributed by atoms with Gasteiger partial charge >= 0.3 is 0 Å². The lowest BCUT2D eigenvalue weighted by Crippen LogP contribution is -2.43. The van der Waals surface area contributed by atoms with E-state index in [1.807, 2.05) is 13.0 Å². The molecule has 0 aliphatic carbocycles. The second-order valence-electron chi connectivity index (χ2n) is 6.64. The molecule has 3 rings (SSSR count). The van der Waals surface area contributed by atoms with Gasteiger partial charge in [0.25, 0.3) is 0 Å². The monoisotopic (exact) mass is 404 g/mol. The Balaban J connectivity index is 1.83. The standard InChI is InChI=1S/C20H24N2O5S/c1-14-6-11-19(27-3)17(13-14)21-20(23)18-5-4-12-22(18)28(24,25)16-9-7-15(26-2)8-10-16/h6-11,13,18H,4-5,12H2,1-3H3,(H,21,23)/t18-/m0/s1. The lowest BCUT2D eigenvalue weighted by Gasteiger charge is -2.24. The smallest absolute Gasteiger partial charge is 0.243 e. The molecule has 1 atom stereocenters. The van der Waals surface area contributed by atoms with Gasteiger partial charge in [0.05, 0.1) is 24.8 Å². The predicted molar refractivity (Wildman–Crippen MR) is 106 cm³/mol. The SMILES string of the molecule is COc1ccc(S(=O)(=O)N2CCC[C@H]2C(=O)Nc2cc(C)ccc2OC)cc1. The normalized spacial score (nSPS) is 17.3. The summed E-state index contributed by atoms with van der Waals surface area (Å²) in [5, 5.41) is 2.83. The Labute approximate surface area is 165 Å². The van der Waals surface area contributed by atoms with Gasteiger partial charge in [-0.15, -0.1) is 0 Å². The summed E-state index contributed by atoms with van der Waals surface area (Å²) in [6.07, 6.45) is 1.09. The lowest BCUT2D eigenvalue weighted by atomic mass is 10.1. The number of amides is 1. The van der Waals surface area contributed by atoms with Crippen LogP contribution in [0.3, 0.4) is 0 Å². The van der Waals surface area contributed by atoms with E-state index in [4.69, 9.17) is 9.47 Å². The summed E-state index contributed by atoms with van der Waals surface area (Å²) in [7, 11) is -0.746. The molecule has 28 heavy (non-hydrogen) atoms. The number of hydrogen-bond acceptors (Lipinski definition) is 5. The summed E-state index contributed by atoms with van der Waals surface area (Å²) in [6, 6.07) is 10.9. The van der Waals surface area contributed by atoms with Crippen LogP contribution in [0.5, 0.6) is 11.5 Å². The fraction of sp³-hybridized carbons (Fsp3) is 0.350. The molecule has 8 heteroatoms. The summed E-state index contributed by atoms with van der Waals surface area (Å²) in [6.45, 7) is 2.21. The van der Waals surface area contributed by atoms with Crippen molar-refractivity contribution in [1.29, 1.82) is 0 Å². The highest BCUT2D eigenvalue weighted by molar-refractivity contribution is 7.89. The first-order valence-electron chi connectivity index (χ1n) is 8.98. The Bertz CT molecular complexity index is 957. The van der Waals surface area contributed by atoms with Gasteiger partial charge < -0.3 is 14.8 Å². The zero-order valence-corrected chi connectivity index (χ0v) is 17.0. The number of anilines is 1. The minimum absolute atomic E-state index is 0.140. The van der Waals surface area contributed by atoms with E-state index in [0.29, 0.717) is 36.6 Å². The molecule has 0 unspecified atom stereocenters. The van der Waals surface area contributed by atoms with Crippen LogP contribution in [0, 0.1) is 6.92 Å². The molecule has 1 N–H and O–H groups in total. The van der Waals surface area contributed by atoms with Gasteiger partial charge in [0.2, 0.25) is 15.9 Å². The first kappa shape index (κ1) is 20.2. The molecule has 2 aromatic carbocycles. The van der Waals surface area contributed by atoms with Gasteiger partial charge in [0.15, 0.2) is 0 Å². The molecule has 1 fully saturated rings. The summed E-state index contributed by atoms with van der Waals surface area (Å²) >= 11 is 0. The van der Waals surface area contributed by atoms with Crippen LogP contribution in [0.25, 0.3) is 0 Å². The number of carbonyl (C=O) groups is 1. The molecule has 150 valence electrons. The Morgan fingerprint density at radius 3 is 2.46 bits per heavy atom. The highest BCUT2D eigenvalue weighted by atomic mass is 32.2. The van der Waals surface area contributed by atoms with Crippen molar-refractivity contribution in [2.45, 2.75) is 30.7 Å². The van der Waals surface area contributed by atoms with E-state index in [2.05, 4.69) is 5.32 Å². The number of ether oxygens (including phenoxy) is 2. The number of benzene rings is 2. The van der Waals surface area contributed by atoms with Crippen LogP contribution in [-0.2, 0) is 14.8 Å². The van der Waals surface area contributed by atoms with E-state index < -0.39 is 16.1 Å². The molecule has 2 aromatic rings. The molecule has 1 aliphatic rings. The van der Waals surface area contributed by atoms with Crippen molar-refractivity contribution >= 4 is 21.6 Å². The number of carbonyl (C=O) groups excluding carboxylic acids is 1. The van der Waals surface area contributed by atoms with E-state index in [0.717, 1.165) is 5.56 Å².